The molecule has 2 aromatic carbocycles. The molecule has 0 saturated carbocycles. The van der Waals surface area contributed by atoms with Gasteiger partial charge in [0.1, 0.15) is 6.61 Å². The topological polar surface area (TPSA) is 135 Å². The summed E-state index contributed by atoms with van der Waals surface area (Å²) >= 11 is 0. The summed E-state index contributed by atoms with van der Waals surface area (Å²) in [5, 5.41) is 12.7. The lowest BCUT2D eigenvalue weighted by Gasteiger charge is -2.15. The first-order valence-electron chi connectivity index (χ1n) is 12.7. The molecule has 3 heterocycles. The molecule has 0 radical (unpaired) electrons. The molecule has 0 fully saturated rings. The minimum atomic E-state index is -1.10. The van der Waals surface area contributed by atoms with Crippen LogP contribution < -0.4 is 21.1 Å². The van der Waals surface area contributed by atoms with E-state index in [1.807, 2.05) is 19.9 Å². The van der Waals surface area contributed by atoms with E-state index in [0.717, 1.165) is 5.56 Å². The number of halogens is 2. The summed E-state index contributed by atoms with van der Waals surface area (Å²) in [6, 6.07) is 9.73. The molecule has 3 aromatic heterocycles. The van der Waals surface area contributed by atoms with E-state index < -0.39 is 11.6 Å². The van der Waals surface area contributed by atoms with Gasteiger partial charge in [0.05, 0.1) is 17.6 Å². The van der Waals surface area contributed by atoms with Crippen molar-refractivity contribution in [2.45, 2.75) is 32.9 Å². The molecule has 1 amide bonds. The molecule has 0 aliphatic carbocycles. The minimum Gasteiger partial charge on any atom is -0.484 e. The van der Waals surface area contributed by atoms with Crippen LogP contribution in [0.5, 0.6) is 5.75 Å². The lowest BCUT2D eigenvalue weighted by molar-refractivity contribution is 0.0940. The van der Waals surface area contributed by atoms with Crippen molar-refractivity contribution in [2.75, 3.05) is 11.9 Å². The van der Waals surface area contributed by atoms with Crippen molar-refractivity contribution in [1.82, 2.24) is 29.9 Å². The molecule has 0 aliphatic rings. The number of imidazole rings is 1. The van der Waals surface area contributed by atoms with E-state index >= 15 is 4.39 Å². The SMILES string of the molecule is CCc1cc(Nc2nccn3c(-c4ccc(OCc5cc[nH]n5)c(F)c4F)cnc23)ccc1C(=O)N[C@H](C)CN. The van der Waals surface area contributed by atoms with Crippen LogP contribution in [0, 0.1) is 11.6 Å². The highest BCUT2D eigenvalue weighted by Crippen LogP contribution is 2.32. The smallest absolute Gasteiger partial charge is 0.251 e. The fourth-order valence-electron chi connectivity index (χ4n) is 4.25. The predicted octanol–water partition coefficient (Wildman–Crippen LogP) is 4.36. The second-order valence-electron chi connectivity index (χ2n) is 9.17. The highest BCUT2D eigenvalue weighted by Gasteiger charge is 2.20. The second-order valence-corrected chi connectivity index (χ2v) is 9.17. The molecule has 0 spiro atoms. The third-order valence-corrected chi connectivity index (χ3v) is 6.41. The molecule has 1 atom stereocenters. The average Bonchev–Trinajstić information content (AvgIpc) is 3.64. The van der Waals surface area contributed by atoms with E-state index in [9.17, 15) is 9.18 Å². The quantitative estimate of drug-likeness (QED) is 0.204. The number of aryl methyl sites for hydroxylation is 1. The van der Waals surface area contributed by atoms with Gasteiger partial charge in [-0.05, 0) is 55.3 Å². The van der Waals surface area contributed by atoms with Crippen LogP contribution >= 0.6 is 0 Å². The number of hydrogen-bond donors (Lipinski definition) is 4. The van der Waals surface area contributed by atoms with Gasteiger partial charge in [-0.15, -0.1) is 0 Å². The molecule has 0 aliphatic heterocycles. The summed E-state index contributed by atoms with van der Waals surface area (Å²) < 4.78 is 37.1. The van der Waals surface area contributed by atoms with Gasteiger partial charge < -0.3 is 21.1 Å². The van der Waals surface area contributed by atoms with E-state index in [2.05, 4.69) is 30.8 Å². The summed E-state index contributed by atoms with van der Waals surface area (Å²) in [6.45, 7) is 4.14. The maximum Gasteiger partial charge on any atom is 0.251 e. The number of H-pyrrole nitrogens is 1. The van der Waals surface area contributed by atoms with Crippen molar-refractivity contribution in [3.05, 3.63) is 89.6 Å². The standard InChI is InChI=1S/C28H28F2N8O2/c1-3-17-12-18(4-5-20(17)28(39)35-16(2)13-31)36-26-27-33-14-22(38(27)11-10-32-26)21-6-7-23(25(30)24(21)29)40-15-19-8-9-34-37-19/h4-12,14,16H,3,13,15,31H2,1-2H3,(H,32,36)(H,34,37)(H,35,39)/t16-/m1/s1. The maximum atomic E-state index is 15.2. The monoisotopic (exact) mass is 546 g/mol. The summed E-state index contributed by atoms with van der Waals surface area (Å²) in [5.74, 6) is -2.16. The number of rotatable bonds is 10. The van der Waals surface area contributed by atoms with E-state index in [0.29, 0.717) is 47.1 Å². The molecule has 0 bridgehead atoms. The van der Waals surface area contributed by atoms with E-state index in [1.165, 1.54) is 24.5 Å². The Morgan fingerprint density at radius 1 is 1.18 bits per heavy atom. The Hall–Kier alpha value is -4.84. The van der Waals surface area contributed by atoms with Crippen LogP contribution in [0.3, 0.4) is 0 Å². The van der Waals surface area contributed by atoms with Crippen molar-refractivity contribution in [2.24, 2.45) is 5.73 Å². The third-order valence-electron chi connectivity index (χ3n) is 6.41. The van der Waals surface area contributed by atoms with Gasteiger partial charge >= 0.3 is 0 Å². The first-order chi connectivity index (χ1) is 19.4. The summed E-state index contributed by atoms with van der Waals surface area (Å²) in [7, 11) is 0. The molecule has 0 saturated heterocycles. The van der Waals surface area contributed by atoms with Crippen molar-refractivity contribution in [1.29, 1.82) is 0 Å². The molecule has 40 heavy (non-hydrogen) atoms. The minimum absolute atomic E-state index is 0.00621. The maximum absolute atomic E-state index is 15.2. The number of hydrogen-bond acceptors (Lipinski definition) is 7. The molecule has 10 nitrogen and oxygen atoms in total. The third kappa shape index (κ3) is 5.34. The van der Waals surface area contributed by atoms with E-state index in [1.54, 1.807) is 35.0 Å². The first-order valence-corrected chi connectivity index (χ1v) is 12.7. The normalized spacial score (nSPS) is 11.9. The van der Waals surface area contributed by atoms with Gasteiger partial charge in [0.2, 0.25) is 5.82 Å². The largest absolute Gasteiger partial charge is 0.484 e. The summed E-state index contributed by atoms with van der Waals surface area (Å²) in [5.41, 5.74) is 9.06. The fourth-order valence-corrected chi connectivity index (χ4v) is 4.25. The molecular weight excluding hydrogens is 518 g/mol. The number of aromatic amines is 1. The predicted molar refractivity (Wildman–Crippen MR) is 146 cm³/mol. The van der Waals surface area contributed by atoms with Crippen molar-refractivity contribution in [3.8, 4) is 17.0 Å². The Labute approximate surface area is 228 Å². The molecular formula is C28H28F2N8O2. The number of anilines is 2. The molecule has 5 rings (SSSR count). The number of nitrogens with two attached hydrogens (primary N) is 1. The van der Waals surface area contributed by atoms with Gasteiger partial charge in [0, 0.05) is 48.0 Å². The van der Waals surface area contributed by atoms with Crippen LogP contribution in [0.2, 0.25) is 0 Å². The fraction of sp³-hybridized carbons (Fsp3) is 0.214. The van der Waals surface area contributed by atoms with Crippen LogP contribution in [-0.2, 0) is 13.0 Å². The number of aromatic nitrogens is 5. The highest BCUT2D eigenvalue weighted by molar-refractivity contribution is 5.96. The highest BCUT2D eigenvalue weighted by atomic mass is 19.2. The van der Waals surface area contributed by atoms with Gasteiger partial charge in [-0.1, -0.05) is 6.92 Å². The Morgan fingerprint density at radius 3 is 2.77 bits per heavy atom. The average molecular weight is 547 g/mol. The molecule has 0 unspecified atom stereocenters. The van der Waals surface area contributed by atoms with Crippen LogP contribution in [0.15, 0.2) is 61.2 Å². The van der Waals surface area contributed by atoms with Crippen LogP contribution in [0.1, 0.15) is 35.5 Å². The summed E-state index contributed by atoms with van der Waals surface area (Å²) in [6.07, 6.45) is 6.85. The van der Waals surface area contributed by atoms with Crippen LogP contribution in [-0.4, -0.2) is 43.1 Å². The van der Waals surface area contributed by atoms with Gasteiger partial charge in [0.15, 0.2) is 23.0 Å². The lowest BCUT2D eigenvalue weighted by Crippen LogP contribution is -2.38. The number of ether oxygens (including phenoxy) is 1. The van der Waals surface area contributed by atoms with Crippen molar-refractivity contribution >= 4 is 23.1 Å². The Morgan fingerprint density at radius 2 is 2.02 bits per heavy atom. The van der Waals surface area contributed by atoms with Gasteiger partial charge in [0.25, 0.3) is 5.91 Å². The Kier molecular flexibility index (Phi) is 7.69. The van der Waals surface area contributed by atoms with E-state index in [-0.39, 0.29) is 29.9 Å². The first kappa shape index (κ1) is 26.8. The Bertz CT molecular complexity index is 1650. The second kappa shape index (κ2) is 11.5. The zero-order valence-corrected chi connectivity index (χ0v) is 21.9. The number of nitrogens with one attached hydrogen (secondary N) is 3. The number of carbonyl (C=O) groups is 1. The zero-order valence-electron chi connectivity index (χ0n) is 21.9. The molecule has 206 valence electrons. The van der Waals surface area contributed by atoms with Crippen molar-refractivity contribution in [3.63, 3.8) is 0 Å². The molecule has 12 heteroatoms. The number of carbonyl (C=O) groups excluding carboxylic acids is 1. The summed E-state index contributed by atoms with van der Waals surface area (Å²) in [4.78, 5) is 21.5. The number of amides is 1. The zero-order chi connectivity index (χ0) is 28.2. The van der Waals surface area contributed by atoms with E-state index in [4.69, 9.17) is 10.5 Å². The van der Waals surface area contributed by atoms with Crippen LogP contribution in [0.4, 0.5) is 20.3 Å². The van der Waals surface area contributed by atoms with Crippen LogP contribution in [0.25, 0.3) is 16.9 Å². The number of nitrogens with zero attached hydrogens (tertiary/aromatic N) is 4. The number of benzene rings is 2. The van der Waals surface area contributed by atoms with Gasteiger partial charge in [-0.25, -0.2) is 14.4 Å². The molecule has 5 aromatic rings. The van der Waals surface area contributed by atoms with Gasteiger partial charge in [-0.2, -0.15) is 9.49 Å². The van der Waals surface area contributed by atoms with Gasteiger partial charge in [-0.3, -0.25) is 14.3 Å². The number of fused-ring (bicyclic) bond motifs is 1. The Balaban J connectivity index is 1.41. The van der Waals surface area contributed by atoms with Crippen molar-refractivity contribution < 1.29 is 18.3 Å². The molecule has 5 N–H and O–H groups in total. The lowest BCUT2D eigenvalue weighted by atomic mass is 10.0.